The Morgan fingerprint density at radius 3 is 1.68 bits per heavy atom. The van der Waals surface area contributed by atoms with Crippen molar-refractivity contribution in [2.24, 2.45) is 0 Å². The van der Waals surface area contributed by atoms with Gasteiger partial charge in [-0.3, -0.25) is 0 Å². The van der Waals surface area contributed by atoms with Crippen LogP contribution in [-0.2, 0) is 5.41 Å². The number of anilines is 3. The summed E-state index contributed by atoms with van der Waals surface area (Å²) in [7, 11) is 0. The van der Waals surface area contributed by atoms with Crippen molar-refractivity contribution in [2.75, 3.05) is 4.90 Å². The summed E-state index contributed by atoms with van der Waals surface area (Å²) < 4.78 is 0. The largest absolute Gasteiger partial charge is 0.310 e. The lowest BCUT2D eigenvalue weighted by atomic mass is 9.78. The highest BCUT2D eigenvalue weighted by molar-refractivity contribution is 5.86. The number of hydrogen-bond acceptors (Lipinski definition) is 1. The molecule has 2 atom stereocenters. The van der Waals surface area contributed by atoms with Crippen LogP contribution in [0.1, 0.15) is 30.4 Å². The van der Waals surface area contributed by atoms with E-state index >= 15 is 0 Å². The number of rotatable bonds is 5. The maximum absolute atomic E-state index is 2.46. The smallest absolute Gasteiger partial charge is 0.0464 e. The van der Waals surface area contributed by atoms with E-state index in [0.717, 1.165) is 5.69 Å². The standard InChI is InChI=1S/C40H31N/c1-40-27-39(40)37-25-31(29-13-7-3-8-14-29)19-23-35(37)36-24-22-34(26-38(36)40)41(32-15-9-4-10-16-32)33-20-17-30(18-21-33)28-11-5-2-6-12-28/h2-26,39H,27H2,1H3. The summed E-state index contributed by atoms with van der Waals surface area (Å²) in [5, 5.41) is 0. The molecule has 0 aliphatic heterocycles. The van der Waals surface area contributed by atoms with Gasteiger partial charge in [0, 0.05) is 22.5 Å². The van der Waals surface area contributed by atoms with Crippen LogP contribution in [0.25, 0.3) is 33.4 Å². The van der Waals surface area contributed by atoms with Crippen LogP contribution >= 0.6 is 0 Å². The molecule has 41 heavy (non-hydrogen) atoms. The van der Waals surface area contributed by atoms with Crippen molar-refractivity contribution in [1.29, 1.82) is 0 Å². The molecule has 8 rings (SSSR count). The molecule has 0 saturated heterocycles. The van der Waals surface area contributed by atoms with Gasteiger partial charge in [0.05, 0.1) is 0 Å². The predicted molar refractivity (Wildman–Crippen MR) is 172 cm³/mol. The first-order valence-corrected chi connectivity index (χ1v) is 14.5. The minimum Gasteiger partial charge on any atom is -0.310 e. The van der Waals surface area contributed by atoms with E-state index in [1.807, 2.05) is 0 Å². The van der Waals surface area contributed by atoms with Crippen LogP contribution in [0.3, 0.4) is 0 Å². The molecule has 0 bridgehead atoms. The van der Waals surface area contributed by atoms with Gasteiger partial charge in [0.1, 0.15) is 0 Å². The van der Waals surface area contributed by atoms with Crippen molar-refractivity contribution < 1.29 is 0 Å². The van der Waals surface area contributed by atoms with Crippen molar-refractivity contribution >= 4 is 17.1 Å². The molecule has 0 N–H and O–H groups in total. The Kier molecular flexibility index (Phi) is 5.47. The fraction of sp³-hybridized carbons (Fsp3) is 0.100. The molecule has 0 aromatic heterocycles. The zero-order valence-electron chi connectivity index (χ0n) is 23.2. The van der Waals surface area contributed by atoms with E-state index in [1.165, 1.54) is 62.3 Å². The summed E-state index contributed by atoms with van der Waals surface area (Å²) in [6.07, 6.45) is 1.20. The van der Waals surface area contributed by atoms with Crippen LogP contribution < -0.4 is 4.90 Å². The van der Waals surface area contributed by atoms with Gasteiger partial charge in [0.15, 0.2) is 0 Å². The zero-order valence-corrected chi connectivity index (χ0v) is 23.2. The lowest BCUT2D eigenvalue weighted by Crippen LogP contribution is -2.15. The summed E-state index contributed by atoms with van der Waals surface area (Å²) >= 11 is 0. The lowest BCUT2D eigenvalue weighted by molar-refractivity contribution is 0.741. The first-order valence-electron chi connectivity index (χ1n) is 14.5. The van der Waals surface area contributed by atoms with Gasteiger partial charge in [0.25, 0.3) is 0 Å². The van der Waals surface area contributed by atoms with Gasteiger partial charge in [-0.25, -0.2) is 0 Å². The first kappa shape index (κ1) is 24.0. The van der Waals surface area contributed by atoms with E-state index in [9.17, 15) is 0 Å². The Morgan fingerprint density at radius 2 is 1.00 bits per heavy atom. The van der Waals surface area contributed by atoms with E-state index in [4.69, 9.17) is 0 Å². The maximum atomic E-state index is 2.46. The third-order valence-corrected chi connectivity index (χ3v) is 9.19. The molecule has 1 fully saturated rings. The van der Waals surface area contributed by atoms with Crippen molar-refractivity contribution in [3.8, 4) is 33.4 Å². The van der Waals surface area contributed by atoms with Crippen LogP contribution in [0.4, 0.5) is 17.1 Å². The van der Waals surface area contributed by atoms with Crippen molar-refractivity contribution in [1.82, 2.24) is 0 Å². The Hall–Kier alpha value is -4.88. The van der Waals surface area contributed by atoms with E-state index in [1.54, 1.807) is 0 Å². The van der Waals surface area contributed by atoms with E-state index in [0.29, 0.717) is 5.92 Å². The van der Waals surface area contributed by atoms with E-state index in [2.05, 4.69) is 163 Å². The highest BCUT2D eigenvalue weighted by atomic mass is 15.1. The van der Waals surface area contributed by atoms with Gasteiger partial charge in [-0.2, -0.15) is 0 Å². The topological polar surface area (TPSA) is 3.24 Å². The second kappa shape index (κ2) is 9.35. The van der Waals surface area contributed by atoms with Gasteiger partial charge in [0.2, 0.25) is 0 Å². The van der Waals surface area contributed by atoms with Crippen LogP contribution in [0, 0.1) is 0 Å². The lowest BCUT2D eigenvalue weighted by Gasteiger charge is -2.30. The molecular weight excluding hydrogens is 494 g/mol. The third kappa shape index (κ3) is 4.00. The maximum Gasteiger partial charge on any atom is 0.0464 e. The Labute approximate surface area is 242 Å². The highest BCUT2D eigenvalue weighted by Gasteiger charge is 2.56. The molecule has 2 unspecified atom stereocenters. The normalized spacial score (nSPS) is 18.1. The van der Waals surface area contributed by atoms with Gasteiger partial charge in [-0.15, -0.1) is 0 Å². The number of hydrogen-bond donors (Lipinski definition) is 0. The average molecular weight is 526 g/mol. The average Bonchev–Trinajstić information content (AvgIpc) is 3.76. The summed E-state index contributed by atoms with van der Waals surface area (Å²) in [4.78, 5) is 2.39. The minimum absolute atomic E-state index is 0.174. The summed E-state index contributed by atoms with van der Waals surface area (Å²) in [5.41, 5.74) is 14.5. The van der Waals surface area contributed by atoms with Crippen molar-refractivity contribution in [2.45, 2.75) is 24.7 Å². The van der Waals surface area contributed by atoms with Gasteiger partial charge in [-0.1, -0.05) is 122 Å². The van der Waals surface area contributed by atoms with Crippen LogP contribution in [0.15, 0.2) is 152 Å². The molecule has 0 radical (unpaired) electrons. The third-order valence-electron chi connectivity index (χ3n) is 9.19. The second-order valence-electron chi connectivity index (χ2n) is 11.7. The fourth-order valence-corrected chi connectivity index (χ4v) is 6.86. The minimum atomic E-state index is 0.174. The highest BCUT2D eigenvalue weighted by Crippen LogP contribution is 2.67. The van der Waals surface area contributed by atoms with Crippen LogP contribution in [-0.4, -0.2) is 0 Å². The van der Waals surface area contributed by atoms with Crippen LogP contribution in [0.5, 0.6) is 0 Å². The molecule has 0 spiro atoms. The molecule has 1 saturated carbocycles. The molecule has 1 nitrogen and oxygen atoms in total. The quantitative estimate of drug-likeness (QED) is 0.216. The molecule has 1 heteroatoms. The van der Waals surface area contributed by atoms with Crippen molar-refractivity contribution in [3.63, 3.8) is 0 Å². The SMILES string of the molecule is CC12CC1c1cc(-c3ccccc3)ccc1-c1ccc(N(c3ccccc3)c3ccc(-c4ccccc4)cc3)cc12. The van der Waals surface area contributed by atoms with E-state index in [-0.39, 0.29) is 5.41 Å². The summed E-state index contributed by atoms with van der Waals surface area (Å²) in [6.45, 7) is 2.46. The van der Waals surface area contributed by atoms with Gasteiger partial charge < -0.3 is 4.90 Å². The predicted octanol–water partition coefficient (Wildman–Crippen LogP) is 10.9. The van der Waals surface area contributed by atoms with Crippen LogP contribution in [0.2, 0.25) is 0 Å². The molecule has 0 heterocycles. The Bertz CT molecular complexity index is 1860. The van der Waals surface area contributed by atoms with Gasteiger partial charge in [-0.05, 0) is 93.2 Å². The molecule has 0 amide bonds. The number of benzene rings is 6. The summed E-state index contributed by atoms with van der Waals surface area (Å²) in [5.74, 6) is 0.569. The zero-order chi connectivity index (χ0) is 27.4. The second-order valence-corrected chi connectivity index (χ2v) is 11.7. The molecule has 196 valence electrons. The monoisotopic (exact) mass is 525 g/mol. The fourth-order valence-electron chi connectivity index (χ4n) is 6.86. The number of nitrogens with zero attached hydrogens (tertiary/aromatic N) is 1. The number of fused-ring (bicyclic) bond motifs is 6. The first-order chi connectivity index (χ1) is 20.2. The Balaban J connectivity index is 1.22. The Morgan fingerprint density at radius 1 is 0.488 bits per heavy atom. The molecular formula is C40H31N. The molecule has 2 aliphatic rings. The number of para-hydroxylation sites is 1. The molecule has 6 aromatic rings. The summed E-state index contributed by atoms with van der Waals surface area (Å²) in [6, 6.07) is 55.3. The molecule has 6 aromatic carbocycles. The van der Waals surface area contributed by atoms with E-state index < -0.39 is 0 Å². The van der Waals surface area contributed by atoms with Gasteiger partial charge >= 0.3 is 0 Å². The molecule has 2 aliphatic carbocycles. The van der Waals surface area contributed by atoms with Crippen molar-refractivity contribution in [3.05, 3.63) is 163 Å².